The molecule has 0 aliphatic rings. The topological polar surface area (TPSA) is 59.8 Å². The van der Waals surface area contributed by atoms with Gasteiger partial charge in [-0.25, -0.2) is 9.13 Å². The predicted octanol–water partition coefficient (Wildman–Crippen LogP) is 4.81. The molecule has 0 saturated heterocycles. The number of nitrogens with zero attached hydrogens (tertiary/aromatic N) is 2. The molecule has 2 heterocycles. The van der Waals surface area contributed by atoms with Gasteiger partial charge in [-0.15, -0.1) is 0 Å². The molecule has 4 heteroatoms. The Morgan fingerprint density at radius 3 is 1.11 bits per heavy atom. The van der Waals surface area contributed by atoms with E-state index in [1.807, 2.05) is 24.3 Å². The van der Waals surface area contributed by atoms with E-state index in [1.165, 1.54) is 77.0 Å². The molecule has 4 nitrogen and oxygen atoms in total. The molecule has 0 aliphatic heterocycles. The van der Waals surface area contributed by atoms with Crippen molar-refractivity contribution in [3.8, 4) is 0 Å². The SMILES string of the molecule is Nc1cccc[n+]1CCCCCCCCCCCCCC[n+]1ccccc1N. The number of aromatic nitrogens is 2. The first kappa shape index (κ1) is 22.2. The highest BCUT2D eigenvalue weighted by atomic mass is 15.0. The molecule has 0 aliphatic carbocycles. The van der Waals surface area contributed by atoms with Gasteiger partial charge in [0.05, 0.1) is 25.5 Å². The molecule has 28 heavy (non-hydrogen) atoms. The van der Waals surface area contributed by atoms with Gasteiger partial charge >= 0.3 is 0 Å². The summed E-state index contributed by atoms with van der Waals surface area (Å²) >= 11 is 0. The number of unbranched alkanes of at least 4 members (excludes halogenated alkanes) is 11. The minimum absolute atomic E-state index is 0.866. The molecule has 0 unspecified atom stereocenters. The largest absolute Gasteiger partial charge is 0.287 e. The number of pyridine rings is 2. The molecule has 0 radical (unpaired) electrons. The molecule has 0 saturated carbocycles. The lowest BCUT2D eigenvalue weighted by Crippen LogP contribution is -2.36. The first-order chi connectivity index (χ1) is 13.8. The second kappa shape index (κ2) is 14.0. The number of aryl methyl sites for hydroxylation is 2. The van der Waals surface area contributed by atoms with Crippen molar-refractivity contribution < 1.29 is 9.13 Å². The second-order valence-corrected chi connectivity index (χ2v) is 7.88. The fourth-order valence-electron chi connectivity index (χ4n) is 3.72. The summed E-state index contributed by atoms with van der Waals surface area (Å²) in [6, 6.07) is 12.0. The van der Waals surface area contributed by atoms with E-state index < -0.39 is 0 Å². The van der Waals surface area contributed by atoms with Crippen molar-refractivity contribution in [2.45, 2.75) is 90.1 Å². The van der Waals surface area contributed by atoms with Crippen molar-refractivity contribution in [3.63, 3.8) is 0 Å². The Morgan fingerprint density at radius 2 is 0.786 bits per heavy atom. The molecule has 0 aromatic carbocycles. The zero-order valence-electron chi connectivity index (χ0n) is 17.6. The van der Waals surface area contributed by atoms with Crippen LogP contribution in [0.15, 0.2) is 48.8 Å². The van der Waals surface area contributed by atoms with E-state index in [4.69, 9.17) is 11.5 Å². The van der Waals surface area contributed by atoms with Gasteiger partial charge in [-0.3, -0.25) is 11.5 Å². The summed E-state index contributed by atoms with van der Waals surface area (Å²) in [5.74, 6) is 1.73. The number of rotatable bonds is 15. The van der Waals surface area contributed by atoms with Crippen LogP contribution in [0.2, 0.25) is 0 Å². The third-order valence-corrected chi connectivity index (χ3v) is 5.50. The van der Waals surface area contributed by atoms with Gasteiger partial charge in [0.2, 0.25) is 0 Å². The quantitative estimate of drug-likeness (QED) is 0.342. The first-order valence-corrected chi connectivity index (χ1v) is 11.3. The van der Waals surface area contributed by atoms with Crippen LogP contribution in [0.5, 0.6) is 0 Å². The number of anilines is 2. The Kier molecular flexibility index (Phi) is 11.1. The van der Waals surface area contributed by atoms with E-state index in [0.717, 1.165) is 24.7 Å². The Morgan fingerprint density at radius 1 is 0.464 bits per heavy atom. The average Bonchev–Trinajstić information content (AvgIpc) is 2.71. The van der Waals surface area contributed by atoms with Crippen LogP contribution >= 0.6 is 0 Å². The summed E-state index contributed by atoms with van der Waals surface area (Å²) in [5.41, 5.74) is 11.9. The highest BCUT2D eigenvalue weighted by Crippen LogP contribution is 2.12. The van der Waals surface area contributed by atoms with E-state index in [9.17, 15) is 0 Å². The molecule has 154 valence electrons. The highest BCUT2D eigenvalue weighted by Gasteiger charge is 2.02. The second-order valence-electron chi connectivity index (χ2n) is 7.88. The van der Waals surface area contributed by atoms with Crippen LogP contribution < -0.4 is 20.6 Å². The van der Waals surface area contributed by atoms with Crippen molar-refractivity contribution in [2.24, 2.45) is 0 Å². The van der Waals surface area contributed by atoms with E-state index in [-0.39, 0.29) is 0 Å². The summed E-state index contributed by atoms with van der Waals surface area (Å²) < 4.78 is 4.29. The molecule has 0 spiro atoms. The smallest absolute Gasteiger partial charge is 0.272 e. The minimum Gasteiger partial charge on any atom is -0.287 e. The van der Waals surface area contributed by atoms with E-state index in [2.05, 4.69) is 33.7 Å². The number of nitrogens with two attached hydrogens (primary N) is 2. The van der Waals surface area contributed by atoms with E-state index in [0.29, 0.717) is 0 Å². The molecule has 2 aromatic heterocycles. The molecule has 0 atom stereocenters. The van der Waals surface area contributed by atoms with Gasteiger partial charge in [0.15, 0.2) is 0 Å². The molecule has 0 bridgehead atoms. The number of nitrogen functional groups attached to an aromatic ring is 2. The molecule has 2 aromatic rings. The van der Waals surface area contributed by atoms with Crippen LogP contribution in [0.4, 0.5) is 11.6 Å². The third-order valence-electron chi connectivity index (χ3n) is 5.50. The fourth-order valence-corrected chi connectivity index (χ4v) is 3.72. The lowest BCUT2D eigenvalue weighted by molar-refractivity contribution is -0.683. The van der Waals surface area contributed by atoms with Crippen molar-refractivity contribution in [2.75, 3.05) is 11.5 Å². The van der Waals surface area contributed by atoms with E-state index >= 15 is 0 Å². The van der Waals surface area contributed by atoms with Crippen LogP contribution in [0.1, 0.15) is 77.0 Å². The van der Waals surface area contributed by atoms with Gasteiger partial charge < -0.3 is 0 Å². The predicted molar refractivity (Wildman–Crippen MR) is 118 cm³/mol. The van der Waals surface area contributed by atoms with Crippen molar-refractivity contribution in [3.05, 3.63) is 48.8 Å². The Balaban J connectivity index is 1.33. The standard InChI is InChI=1S/C24H38N4/c25-23-17-11-15-21-27(23)19-13-9-7-5-3-1-2-4-6-8-10-14-20-28-22-16-12-18-24(28)26/h11-12,15-18,21-22,25-26H,1-10,13-14,19-20H2/p+2. The normalized spacial score (nSPS) is 11.0. The maximum absolute atomic E-state index is 5.96. The first-order valence-electron chi connectivity index (χ1n) is 11.3. The van der Waals surface area contributed by atoms with Crippen LogP contribution in [-0.4, -0.2) is 0 Å². The maximum Gasteiger partial charge on any atom is 0.272 e. The third kappa shape index (κ3) is 9.20. The molecule has 2 rings (SSSR count). The van der Waals surface area contributed by atoms with Crippen LogP contribution in [-0.2, 0) is 13.1 Å². The van der Waals surface area contributed by atoms with Crippen molar-refractivity contribution >= 4 is 11.6 Å². The van der Waals surface area contributed by atoms with Gasteiger partial charge in [0, 0.05) is 12.1 Å². The van der Waals surface area contributed by atoms with Crippen molar-refractivity contribution in [1.82, 2.24) is 0 Å². The van der Waals surface area contributed by atoms with E-state index in [1.54, 1.807) is 0 Å². The summed E-state index contributed by atoms with van der Waals surface area (Å²) in [6.07, 6.45) is 20.3. The summed E-state index contributed by atoms with van der Waals surface area (Å²) in [4.78, 5) is 0. The van der Waals surface area contributed by atoms with Gasteiger partial charge in [-0.2, -0.15) is 0 Å². The lowest BCUT2D eigenvalue weighted by Gasteiger charge is -2.04. The highest BCUT2D eigenvalue weighted by molar-refractivity contribution is 5.19. The van der Waals surface area contributed by atoms with Crippen LogP contribution in [0, 0.1) is 0 Å². The lowest BCUT2D eigenvalue weighted by atomic mass is 10.1. The van der Waals surface area contributed by atoms with Crippen LogP contribution in [0.25, 0.3) is 0 Å². The minimum atomic E-state index is 0.866. The Labute approximate surface area is 171 Å². The fraction of sp³-hybridized carbons (Fsp3) is 0.583. The monoisotopic (exact) mass is 384 g/mol. The molecular formula is C24H40N4+2. The van der Waals surface area contributed by atoms with Gasteiger partial charge in [0.1, 0.15) is 0 Å². The summed E-state index contributed by atoms with van der Waals surface area (Å²) in [5, 5.41) is 0. The zero-order chi connectivity index (χ0) is 19.9. The number of hydrogen-bond donors (Lipinski definition) is 2. The molecular weight excluding hydrogens is 344 g/mol. The van der Waals surface area contributed by atoms with Crippen LogP contribution in [0.3, 0.4) is 0 Å². The van der Waals surface area contributed by atoms with Crippen molar-refractivity contribution in [1.29, 1.82) is 0 Å². The van der Waals surface area contributed by atoms with Gasteiger partial charge in [-0.1, -0.05) is 63.5 Å². The number of hydrogen-bond acceptors (Lipinski definition) is 2. The average molecular weight is 385 g/mol. The molecule has 4 N–H and O–H groups in total. The van der Waals surface area contributed by atoms with Gasteiger partial charge in [0.25, 0.3) is 11.6 Å². The zero-order valence-corrected chi connectivity index (χ0v) is 17.6. The Hall–Kier alpha value is -2.10. The summed E-state index contributed by atoms with van der Waals surface area (Å²) in [6.45, 7) is 2.09. The Bertz CT molecular complexity index is 599. The van der Waals surface area contributed by atoms with Gasteiger partial charge in [-0.05, 0) is 37.8 Å². The maximum atomic E-state index is 5.96. The molecule has 0 amide bonds. The summed E-state index contributed by atoms with van der Waals surface area (Å²) in [7, 11) is 0. The molecule has 0 fully saturated rings.